The molecule has 0 aliphatic rings. The van der Waals surface area contributed by atoms with E-state index in [2.05, 4.69) is 10.1 Å². The number of ether oxygens (including phenoxy) is 1. The van der Waals surface area contributed by atoms with Crippen molar-refractivity contribution in [1.82, 2.24) is 14.8 Å². The lowest BCUT2D eigenvalue weighted by Crippen LogP contribution is -2.05. The van der Waals surface area contributed by atoms with E-state index < -0.39 is 0 Å². The zero-order valence-corrected chi connectivity index (χ0v) is 10.1. The van der Waals surface area contributed by atoms with Gasteiger partial charge >= 0.3 is 0 Å². The molecule has 0 saturated heterocycles. The Bertz CT molecular complexity index is 490. The minimum atomic E-state index is 0.409. The molecule has 0 radical (unpaired) electrons. The summed E-state index contributed by atoms with van der Waals surface area (Å²) in [7, 11) is 3.51. The fourth-order valence-corrected chi connectivity index (χ4v) is 1.65. The van der Waals surface area contributed by atoms with Crippen LogP contribution in [-0.2, 0) is 20.0 Å². The van der Waals surface area contributed by atoms with Crippen LogP contribution in [0.5, 0.6) is 5.75 Å². The van der Waals surface area contributed by atoms with Gasteiger partial charge in [-0.1, -0.05) is 12.1 Å². The van der Waals surface area contributed by atoms with E-state index in [0.717, 1.165) is 23.0 Å². The molecule has 1 aromatic carbocycles. The standard InChI is InChI=1S/C12H16N4O/c1-16-12(8-13)14-11(15-16)7-9-3-5-10(17-2)6-4-9/h3-6H,7-8,13H2,1-2H3. The Morgan fingerprint density at radius 1 is 1.29 bits per heavy atom. The molecule has 1 aromatic heterocycles. The molecule has 2 N–H and O–H groups in total. The minimum Gasteiger partial charge on any atom is -0.497 e. The van der Waals surface area contributed by atoms with Gasteiger partial charge in [0.15, 0.2) is 5.82 Å². The first-order valence-electron chi connectivity index (χ1n) is 5.44. The number of nitrogens with two attached hydrogens (primary N) is 1. The maximum Gasteiger partial charge on any atom is 0.155 e. The van der Waals surface area contributed by atoms with Crippen molar-refractivity contribution in [2.45, 2.75) is 13.0 Å². The van der Waals surface area contributed by atoms with Crippen molar-refractivity contribution in [2.24, 2.45) is 12.8 Å². The summed E-state index contributed by atoms with van der Waals surface area (Å²) in [4.78, 5) is 4.36. The van der Waals surface area contributed by atoms with E-state index in [4.69, 9.17) is 10.5 Å². The van der Waals surface area contributed by atoms with Crippen LogP contribution < -0.4 is 10.5 Å². The third kappa shape index (κ3) is 2.62. The average molecular weight is 232 g/mol. The van der Waals surface area contributed by atoms with E-state index in [1.807, 2.05) is 31.3 Å². The Balaban J connectivity index is 2.13. The molecule has 2 rings (SSSR count). The summed E-state index contributed by atoms with van der Waals surface area (Å²) in [6.45, 7) is 0.409. The fourth-order valence-electron chi connectivity index (χ4n) is 1.65. The molecule has 2 aromatic rings. The Morgan fingerprint density at radius 3 is 2.53 bits per heavy atom. The molecular formula is C12H16N4O. The summed E-state index contributed by atoms with van der Waals surface area (Å²) in [5.41, 5.74) is 6.71. The molecule has 0 bridgehead atoms. The van der Waals surface area contributed by atoms with Gasteiger partial charge in [0.1, 0.15) is 11.6 Å². The van der Waals surface area contributed by atoms with Gasteiger partial charge in [0.05, 0.1) is 13.7 Å². The summed E-state index contributed by atoms with van der Waals surface area (Å²) >= 11 is 0. The maximum absolute atomic E-state index is 5.56. The monoisotopic (exact) mass is 232 g/mol. The van der Waals surface area contributed by atoms with E-state index in [-0.39, 0.29) is 0 Å². The SMILES string of the molecule is COc1ccc(Cc2nc(CN)n(C)n2)cc1. The molecule has 0 spiro atoms. The molecule has 0 aliphatic heterocycles. The molecule has 5 heteroatoms. The van der Waals surface area contributed by atoms with E-state index in [0.29, 0.717) is 13.0 Å². The third-order valence-corrected chi connectivity index (χ3v) is 2.60. The summed E-state index contributed by atoms with van der Waals surface area (Å²) in [5.74, 6) is 2.44. The van der Waals surface area contributed by atoms with E-state index >= 15 is 0 Å². The number of nitrogens with zero attached hydrogens (tertiary/aromatic N) is 3. The summed E-state index contributed by atoms with van der Waals surface area (Å²) in [6.07, 6.45) is 0.706. The van der Waals surface area contributed by atoms with Gasteiger partial charge in [0.2, 0.25) is 0 Å². The first-order valence-corrected chi connectivity index (χ1v) is 5.44. The highest BCUT2D eigenvalue weighted by molar-refractivity contribution is 5.28. The second-order valence-electron chi connectivity index (χ2n) is 3.80. The molecule has 0 fully saturated rings. The molecule has 0 unspecified atom stereocenters. The summed E-state index contributed by atoms with van der Waals surface area (Å²) in [6, 6.07) is 7.89. The van der Waals surface area contributed by atoms with E-state index in [1.165, 1.54) is 0 Å². The lowest BCUT2D eigenvalue weighted by molar-refractivity contribution is 0.414. The van der Waals surface area contributed by atoms with Crippen molar-refractivity contribution >= 4 is 0 Å². The van der Waals surface area contributed by atoms with Gasteiger partial charge in [-0.2, -0.15) is 5.10 Å². The van der Waals surface area contributed by atoms with Gasteiger partial charge < -0.3 is 10.5 Å². The Morgan fingerprint density at radius 2 is 2.00 bits per heavy atom. The lowest BCUT2D eigenvalue weighted by Gasteiger charge is -2.00. The van der Waals surface area contributed by atoms with Crippen molar-refractivity contribution in [3.8, 4) is 5.75 Å². The van der Waals surface area contributed by atoms with Crippen LogP contribution in [0, 0.1) is 0 Å². The van der Waals surface area contributed by atoms with Crippen molar-refractivity contribution in [1.29, 1.82) is 0 Å². The highest BCUT2D eigenvalue weighted by atomic mass is 16.5. The van der Waals surface area contributed by atoms with E-state index in [9.17, 15) is 0 Å². The molecule has 0 amide bonds. The number of hydrogen-bond acceptors (Lipinski definition) is 4. The Kier molecular flexibility index (Phi) is 3.39. The highest BCUT2D eigenvalue weighted by Crippen LogP contribution is 2.13. The smallest absolute Gasteiger partial charge is 0.155 e. The predicted octanol–water partition coefficient (Wildman–Crippen LogP) is 0.873. The molecule has 1 heterocycles. The van der Waals surface area contributed by atoms with Gasteiger partial charge in [0.25, 0.3) is 0 Å². The minimum absolute atomic E-state index is 0.409. The van der Waals surface area contributed by atoms with Crippen LogP contribution in [0.1, 0.15) is 17.2 Å². The second-order valence-corrected chi connectivity index (χ2v) is 3.80. The number of rotatable bonds is 4. The van der Waals surface area contributed by atoms with Crippen molar-refractivity contribution in [3.63, 3.8) is 0 Å². The van der Waals surface area contributed by atoms with Crippen LogP contribution in [0.3, 0.4) is 0 Å². The summed E-state index contributed by atoms with van der Waals surface area (Å²) in [5, 5.41) is 4.31. The first kappa shape index (κ1) is 11.6. The number of aryl methyl sites for hydroxylation is 1. The molecule has 0 atom stereocenters. The normalized spacial score (nSPS) is 10.5. The molecule has 90 valence electrons. The zero-order valence-electron chi connectivity index (χ0n) is 10.1. The highest BCUT2D eigenvalue weighted by Gasteiger charge is 2.06. The predicted molar refractivity (Wildman–Crippen MR) is 64.7 cm³/mol. The zero-order chi connectivity index (χ0) is 12.3. The molecule has 5 nitrogen and oxygen atoms in total. The van der Waals surface area contributed by atoms with Crippen LogP contribution in [0.25, 0.3) is 0 Å². The number of aromatic nitrogens is 3. The molecule has 0 saturated carbocycles. The van der Waals surface area contributed by atoms with Crippen LogP contribution in [0.2, 0.25) is 0 Å². The Hall–Kier alpha value is -1.88. The fraction of sp³-hybridized carbons (Fsp3) is 0.333. The third-order valence-electron chi connectivity index (χ3n) is 2.60. The molecule has 0 aliphatic carbocycles. The van der Waals surface area contributed by atoms with Crippen LogP contribution in [0.4, 0.5) is 0 Å². The van der Waals surface area contributed by atoms with Crippen molar-refractivity contribution in [2.75, 3.05) is 7.11 Å². The number of methoxy groups -OCH3 is 1. The first-order chi connectivity index (χ1) is 8.22. The van der Waals surface area contributed by atoms with Crippen LogP contribution in [0.15, 0.2) is 24.3 Å². The van der Waals surface area contributed by atoms with E-state index in [1.54, 1.807) is 11.8 Å². The van der Waals surface area contributed by atoms with Gasteiger partial charge in [0, 0.05) is 13.5 Å². The number of benzene rings is 1. The maximum atomic E-state index is 5.56. The van der Waals surface area contributed by atoms with Gasteiger partial charge in [-0.3, -0.25) is 4.68 Å². The van der Waals surface area contributed by atoms with Gasteiger partial charge in [-0.25, -0.2) is 4.98 Å². The summed E-state index contributed by atoms with van der Waals surface area (Å²) < 4.78 is 6.83. The van der Waals surface area contributed by atoms with Crippen LogP contribution in [-0.4, -0.2) is 21.9 Å². The molecule has 17 heavy (non-hydrogen) atoms. The van der Waals surface area contributed by atoms with Crippen LogP contribution >= 0.6 is 0 Å². The van der Waals surface area contributed by atoms with Crippen molar-refractivity contribution in [3.05, 3.63) is 41.5 Å². The topological polar surface area (TPSA) is 66.0 Å². The second kappa shape index (κ2) is 4.97. The average Bonchev–Trinajstić information content (AvgIpc) is 2.70. The Labute approximate surface area is 100 Å². The molecular weight excluding hydrogens is 216 g/mol. The quantitative estimate of drug-likeness (QED) is 0.849. The van der Waals surface area contributed by atoms with Gasteiger partial charge in [-0.15, -0.1) is 0 Å². The largest absolute Gasteiger partial charge is 0.497 e. The van der Waals surface area contributed by atoms with Crippen molar-refractivity contribution < 1.29 is 4.74 Å². The van der Waals surface area contributed by atoms with Gasteiger partial charge in [-0.05, 0) is 17.7 Å². The lowest BCUT2D eigenvalue weighted by atomic mass is 10.1. The number of hydrogen-bond donors (Lipinski definition) is 1.